The maximum absolute atomic E-state index is 13.6. The van der Waals surface area contributed by atoms with Crippen molar-refractivity contribution in [2.75, 3.05) is 19.8 Å². The molecule has 0 radical (unpaired) electrons. The lowest BCUT2D eigenvalue weighted by Crippen LogP contribution is -2.44. The number of carbonyl (C=O) groups is 3. The number of nitrogens with zero attached hydrogens (tertiary/aromatic N) is 1. The van der Waals surface area contributed by atoms with Gasteiger partial charge in [0.1, 0.15) is 18.1 Å². The second-order valence-electron chi connectivity index (χ2n) is 10.8. The average molecular weight is 592 g/mol. The number of aryl methyl sites for hydroxylation is 1. The molecule has 9 heteroatoms. The highest BCUT2D eigenvalue weighted by Gasteiger charge is 2.43. The Morgan fingerprint density at radius 2 is 1.70 bits per heavy atom. The van der Waals surface area contributed by atoms with E-state index in [1.54, 1.807) is 13.0 Å². The van der Waals surface area contributed by atoms with E-state index in [0.717, 1.165) is 28.9 Å². The van der Waals surface area contributed by atoms with Crippen molar-refractivity contribution >= 4 is 18.0 Å². The van der Waals surface area contributed by atoms with Crippen LogP contribution in [0.3, 0.4) is 0 Å². The molecule has 0 aliphatic carbocycles. The summed E-state index contributed by atoms with van der Waals surface area (Å²) in [5.74, 6) is -0.886. The fraction of sp³-hybridized carbons (Fsp3) is 0.441. The smallest absolute Gasteiger partial charge is 0.416 e. The van der Waals surface area contributed by atoms with Crippen LogP contribution in [-0.2, 0) is 48.0 Å². The second-order valence-corrected chi connectivity index (χ2v) is 10.8. The summed E-state index contributed by atoms with van der Waals surface area (Å²) >= 11 is 0. The van der Waals surface area contributed by atoms with Gasteiger partial charge in [0.25, 0.3) is 0 Å². The zero-order chi connectivity index (χ0) is 30.6. The van der Waals surface area contributed by atoms with Crippen molar-refractivity contribution in [2.24, 2.45) is 5.92 Å². The molecule has 1 aliphatic rings. The number of furan rings is 1. The largest absolute Gasteiger partial charge is 0.462 e. The van der Waals surface area contributed by atoms with Crippen LogP contribution < -0.4 is 0 Å². The zero-order valence-electron chi connectivity index (χ0n) is 25.1. The van der Waals surface area contributed by atoms with Gasteiger partial charge in [0.15, 0.2) is 6.10 Å². The van der Waals surface area contributed by atoms with Gasteiger partial charge in [0, 0.05) is 20.0 Å². The van der Waals surface area contributed by atoms with Crippen molar-refractivity contribution in [1.82, 2.24) is 4.90 Å². The van der Waals surface area contributed by atoms with Crippen LogP contribution in [0.2, 0.25) is 0 Å². The number of benzene rings is 2. The molecule has 4 atom stereocenters. The number of imide groups is 1. The molecule has 0 bridgehead atoms. The van der Waals surface area contributed by atoms with Gasteiger partial charge in [0.05, 0.1) is 31.3 Å². The fourth-order valence-corrected chi connectivity index (χ4v) is 5.02. The SMILES string of the molecule is CC[C@H](COCCCc1ccc([C@@H](OC(C)=O)[C@H](C)C(=O)N2C(=O)OC[C@@H]2Cc2ccccc2)o1)OCc1ccccc1. The number of carbonyl (C=O) groups excluding carboxylic acids is 3. The molecule has 1 saturated heterocycles. The monoisotopic (exact) mass is 591 g/mol. The molecule has 9 nitrogen and oxygen atoms in total. The first-order valence-corrected chi connectivity index (χ1v) is 14.9. The molecule has 1 fully saturated rings. The Hall–Kier alpha value is -3.95. The van der Waals surface area contributed by atoms with Gasteiger partial charge in [-0.15, -0.1) is 0 Å². The number of hydrogen-bond acceptors (Lipinski definition) is 8. The van der Waals surface area contributed by atoms with Crippen molar-refractivity contribution in [1.29, 1.82) is 0 Å². The van der Waals surface area contributed by atoms with Crippen molar-refractivity contribution in [3.8, 4) is 0 Å². The van der Waals surface area contributed by atoms with Gasteiger partial charge in [-0.2, -0.15) is 0 Å². The molecule has 1 aromatic heterocycles. The van der Waals surface area contributed by atoms with E-state index < -0.39 is 36.0 Å². The molecule has 0 unspecified atom stereocenters. The first-order valence-electron chi connectivity index (χ1n) is 14.9. The van der Waals surface area contributed by atoms with E-state index in [1.165, 1.54) is 6.92 Å². The van der Waals surface area contributed by atoms with Gasteiger partial charge in [-0.1, -0.05) is 67.6 Å². The van der Waals surface area contributed by atoms with E-state index in [4.69, 9.17) is 23.4 Å². The minimum atomic E-state index is -0.993. The van der Waals surface area contributed by atoms with E-state index in [1.807, 2.05) is 66.7 Å². The summed E-state index contributed by atoms with van der Waals surface area (Å²) in [6, 6.07) is 22.7. The molecule has 0 saturated carbocycles. The van der Waals surface area contributed by atoms with E-state index >= 15 is 0 Å². The summed E-state index contributed by atoms with van der Waals surface area (Å²) in [5, 5.41) is 0. The molecule has 0 spiro atoms. The van der Waals surface area contributed by atoms with Gasteiger partial charge in [-0.3, -0.25) is 9.59 Å². The van der Waals surface area contributed by atoms with E-state index in [0.29, 0.717) is 44.2 Å². The van der Waals surface area contributed by atoms with Gasteiger partial charge in [-0.25, -0.2) is 9.69 Å². The molecular formula is C34H41NO8. The van der Waals surface area contributed by atoms with Gasteiger partial charge in [0.2, 0.25) is 5.91 Å². The minimum Gasteiger partial charge on any atom is -0.462 e. The predicted octanol–water partition coefficient (Wildman–Crippen LogP) is 6.05. The van der Waals surface area contributed by atoms with Crippen LogP contribution in [0.25, 0.3) is 0 Å². The fourth-order valence-electron chi connectivity index (χ4n) is 5.02. The predicted molar refractivity (Wildman–Crippen MR) is 159 cm³/mol. The highest BCUT2D eigenvalue weighted by molar-refractivity contribution is 5.95. The summed E-state index contributed by atoms with van der Waals surface area (Å²) in [6.45, 7) is 6.67. The lowest BCUT2D eigenvalue weighted by atomic mass is 9.98. The Kier molecular flexibility index (Phi) is 11.9. The van der Waals surface area contributed by atoms with E-state index in [9.17, 15) is 14.4 Å². The van der Waals surface area contributed by atoms with Gasteiger partial charge in [-0.05, 0) is 49.4 Å². The van der Waals surface area contributed by atoms with Crippen molar-refractivity contribution in [2.45, 2.75) is 71.3 Å². The molecule has 43 heavy (non-hydrogen) atoms. The Bertz CT molecular complexity index is 1310. The third kappa shape index (κ3) is 9.27. The third-order valence-electron chi connectivity index (χ3n) is 7.41. The Morgan fingerprint density at radius 1 is 1.00 bits per heavy atom. The lowest BCUT2D eigenvalue weighted by molar-refractivity contribution is -0.154. The summed E-state index contributed by atoms with van der Waals surface area (Å²) in [5.41, 5.74) is 2.11. The van der Waals surface area contributed by atoms with Gasteiger partial charge >= 0.3 is 12.1 Å². The quantitative estimate of drug-likeness (QED) is 0.146. The van der Waals surface area contributed by atoms with Crippen LogP contribution in [0.15, 0.2) is 77.2 Å². The molecule has 1 aliphatic heterocycles. The number of rotatable bonds is 16. The standard InChI is InChI=1S/C34H41NO8/c1-4-29(40-21-27-14-9-6-10-15-27)23-39-19-11-16-30-17-18-31(43-30)32(42-25(3)36)24(2)33(37)35-28(22-41-34(35)38)20-26-12-7-5-8-13-26/h5-10,12-15,17-18,24,28-29,32H,4,11,16,19-23H2,1-3H3/t24-,28-,29+,32-/m0/s1. The molecule has 3 aromatic rings. The summed E-state index contributed by atoms with van der Waals surface area (Å²) < 4.78 is 28.6. The zero-order valence-corrected chi connectivity index (χ0v) is 25.1. The summed E-state index contributed by atoms with van der Waals surface area (Å²) in [6.07, 6.45) is 0.964. The van der Waals surface area contributed by atoms with E-state index in [2.05, 4.69) is 6.92 Å². The third-order valence-corrected chi connectivity index (χ3v) is 7.41. The van der Waals surface area contributed by atoms with Crippen LogP contribution >= 0.6 is 0 Å². The second kappa shape index (κ2) is 16.0. The van der Waals surface area contributed by atoms with Crippen LogP contribution in [0.4, 0.5) is 4.79 Å². The van der Waals surface area contributed by atoms with Crippen LogP contribution in [0.5, 0.6) is 0 Å². The van der Waals surface area contributed by atoms with Crippen molar-refractivity contribution in [3.05, 3.63) is 95.4 Å². The number of cyclic esters (lactones) is 1. The molecule has 0 N–H and O–H groups in total. The topological polar surface area (TPSA) is 105 Å². The molecule has 2 aromatic carbocycles. The summed E-state index contributed by atoms with van der Waals surface area (Å²) in [7, 11) is 0. The summed E-state index contributed by atoms with van der Waals surface area (Å²) in [4.78, 5) is 39.3. The molecule has 230 valence electrons. The minimum absolute atomic E-state index is 0.0131. The normalized spacial score (nSPS) is 16.9. The highest BCUT2D eigenvalue weighted by Crippen LogP contribution is 2.32. The van der Waals surface area contributed by atoms with Crippen molar-refractivity contribution in [3.63, 3.8) is 0 Å². The molecule has 2 amide bonds. The van der Waals surface area contributed by atoms with Gasteiger partial charge < -0.3 is 23.4 Å². The highest BCUT2D eigenvalue weighted by atomic mass is 16.6. The molecular weight excluding hydrogens is 550 g/mol. The maximum Gasteiger partial charge on any atom is 0.416 e. The van der Waals surface area contributed by atoms with Crippen LogP contribution in [0.1, 0.15) is 62.4 Å². The van der Waals surface area contributed by atoms with E-state index in [-0.39, 0.29) is 12.7 Å². The Morgan fingerprint density at radius 3 is 2.37 bits per heavy atom. The number of amides is 2. The maximum atomic E-state index is 13.6. The first-order chi connectivity index (χ1) is 20.9. The van der Waals surface area contributed by atoms with Crippen molar-refractivity contribution < 1.29 is 37.7 Å². The first kappa shape index (κ1) is 32.0. The molecule has 4 rings (SSSR count). The number of hydrogen-bond donors (Lipinski definition) is 0. The van der Waals surface area contributed by atoms with Crippen LogP contribution in [-0.4, -0.2) is 54.8 Å². The average Bonchev–Trinajstić information content (AvgIpc) is 3.63. The number of esters is 1. The Balaban J connectivity index is 1.29. The lowest BCUT2D eigenvalue weighted by Gasteiger charge is -2.27. The molecule has 2 heterocycles. The Labute approximate surface area is 253 Å². The van der Waals surface area contributed by atoms with Crippen LogP contribution in [0, 0.1) is 5.92 Å². The number of ether oxygens (including phenoxy) is 4.